The number of ether oxygens (including phenoxy) is 2. The zero-order valence-electron chi connectivity index (χ0n) is 14.4. The van der Waals surface area contributed by atoms with Crippen LogP contribution in [0.25, 0.3) is 10.9 Å². The van der Waals surface area contributed by atoms with Crippen molar-refractivity contribution < 1.29 is 14.3 Å². The Hall–Kier alpha value is -1.97. The summed E-state index contributed by atoms with van der Waals surface area (Å²) in [7, 11) is 1.65. The molecule has 0 N–H and O–H groups in total. The first-order valence-corrected chi connectivity index (χ1v) is 8.32. The summed E-state index contributed by atoms with van der Waals surface area (Å²) >= 11 is 0. The molecule has 124 valence electrons. The number of hydrogen-bond donors (Lipinski definition) is 0. The minimum atomic E-state index is -0.273. The van der Waals surface area contributed by atoms with Gasteiger partial charge in [-0.2, -0.15) is 0 Å². The number of hydrogen-bond acceptors (Lipinski definition) is 3. The number of aromatic nitrogens is 1. The van der Waals surface area contributed by atoms with Gasteiger partial charge in [-0.15, -0.1) is 0 Å². The highest BCUT2D eigenvalue weighted by Gasteiger charge is 2.28. The van der Waals surface area contributed by atoms with Gasteiger partial charge in [0.1, 0.15) is 11.9 Å². The fraction of sp³-hybridized carbons (Fsp3) is 0.526. The number of nitrogens with zero attached hydrogens (tertiary/aromatic N) is 1. The third-order valence-electron chi connectivity index (χ3n) is 4.55. The Labute approximate surface area is 137 Å². The van der Waals surface area contributed by atoms with Gasteiger partial charge in [0.05, 0.1) is 12.6 Å². The summed E-state index contributed by atoms with van der Waals surface area (Å²) < 4.78 is 12.9. The summed E-state index contributed by atoms with van der Waals surface area (Å²) in [4.78, 5) is 12.8. The van der Waals surface area contributed by atoms with Crippen LogP contribution in [0, 0.1) is 0 Å². The van der Waals surface area contributed by atoms with Gasteiger partial charge in [0.15, 0.2) is 0 Å². The molecule has 1 aliphatic carbocycles. The third kappa shape index (κ3) is 2.94. The Morgan fingerprint density at radius 1 is 1.22 bits per heavy atom. The monoisotopic (exact) mass is 315 g/mol. The maximum absolute atomic E-state index is 12.8. The van der Waals surface area contributed by atoms with E-state index in [-0.39, 0.29) is 17.6 Å². The van der Waals surface area contributed by atoms with E-state index in [1.807, 2.05) is 24.3 Å². The number of carbonyl (C=O) groups excluding carboxylic acids is 1. The number of fused-ring (bicyclic) bond motifs is 1. The first kappa shape index (κ1) is 15.9. The van der Waals surface area contributed by atoms with E-state index < -0.39 is 0 Å². The van der Waals surface area contributed by atoms with Crippen molar-refractivity contribution in [2.24, 2.45) is 0 Å². The first-order chi connectivity index (χ1) is 10.9. The lowest BCUT2D eigenvalue weighted by Gasteiger charge is -2.22. The van der Waals surface area contributed by atoms with E-state index in [4.69, 9.17) is 9.47 Å². The van der Waals surface area contributed by atoms with Crippen LogP contribution in [0.1, 0.15) is 52.1 Å². The smallest absolute Gasteiger partial charge is 0.418 e. The molecular weight excluding hydrogens is 290 g/mol. The van der Waals surface area contributed by atoms with Gasteiger partial charge in [-0.1, -0.05) is 26.8 Å². The molecule has 0 spiro atoms. The van der Waals surface area contributed by atoms with Crippen molar-refractivity contribution >= 4 is 17.0 Å². The molecule has 3 rings (SSSR count). The van der Waals surface area contributed by atoms with Gasteiger partial charge >= 0.3 is 6.09 Å². The van der Waals surface area contributed by atoms with Crippen LogP contribution < -0.4 is 4.74 Å². The molecule has 1 saturated carbocycles. The number of benzene rings is 1. The van der Waals surface area contributed by atoms with Gasteiger partial charge in [0.2, 0.25) is 0 Å². The van der Waals surface area contributed by atoms with Gasteiger partial charge in [-0.25, -0.2) is 9.36 Å². The van der Waals surface area contributed by atoms with E-state index in [1.165, 1.54) is 0 Å². The molecule has 0 unspecified atom stereocenters. The zero-order chi connectivity index (χ0) is 16.6. The van der Waals surface area contributed by atoms with Gasteiger partial charge in [0.25, 0.3) is 0 Å². The summed E-state index contributed by atoms with van der Waals surface area (Å²) in [5, 5.41) is 0.947. The molecule has 0 aliphatic heterocycles. The maximum atomic E-state index is 12.8. The van der Waals surface area contributed by atoms with E-state index >= 15 is 0 Å². The van der Waals surface area contributed by atoms with E-state index in [0.29, 0.717) is 0 Å². The zero-order valence-corrected chi connectivity index (χ0v) is 14.4. The lowest BCUT2D eigenvalue weighted by Crippen LogP contribution is -2.26. The molecule has 23 heavy (non-hydrogen) atoms. The van der Waals surface area contributed by atoms with Crippen molar-refractivity contribution in [3.63, 3.8) is 0 Å². The molecule has 0 radical (unpaired) electrons. The van der Waals surface area contributed by atoms with Crippen LogP contribution in [-0.2, 0) is 10.2 Å². The second-order valence-corrected chi connectivity index (χ2v) is 7.30. The van der Waals surface area contributed by atoms with E-state index in [0.717, 1.165) is 48.0 Å². The van der Waals surface area contributed by atoms with Crippen LogP contribution in [-0.4, -0.2) is 23.9 Å². The van der Waals surface area contributed by atoms with Crippen LogP contribution in [0.5, 0.6) is 5.75 Å². The van der Waals surface area contributed by atoms with Crippen molar-refractivity contribution in [1.29, 1.82) is 0 Å². The lowest BCUT2D eigenvalue weighted by atomic mass is 9.92. The summed E-state index contributed by atoms with van der Waals surface area (Å²) in [6, 6.07) is 7.82. The number of carbonyl (C=O) groups is 1. The quantitative estimate of drug-likeness (QED) is 0.793. The van der Waals surface area contributed by atoms with Crippen molar-refractivity contribution in [1.82, 2.24) is 4.57 Å². The van der Waals surface area contributed by atoms with Crippen molar-refractivity contribution in [3.05, 3.63) is 30.0 Å². The van der Waals surface area contributed by atoms with Gasteiger partial charge in [-0.05, 0) is 43.9 Å². The molecule has 0 amide bonds. The van der Waals surface area contributed by atoms with Crippen LogP contribution in [0.3, 0.4) is 0 Å². The highest BCUT2D eigenvalue weighted by atomic mass is 16.6. The molecule has 0 bridgehead atoms. The van der Waals surface area contributed by atoms with Crippen LogP contribution in [0.4, 0.5) is 4.79 Å². The summed E-state index contributed by atoms with van der Waals surface area (Å²) in [6.07, 6.45) is 4.01. The predicted octanol–water partition coefficient (Wildman–Crippen LogP) is 4.87. The summed E-state index contributed by atoms with van der Waals surface area (Å²) in [6.45, 7) is 6.31. The highest BCUT2D eigenvalue weighted by molar-refractivity contribution is 5.94. The Kier molecular flexibility index (Phi) is 4.09. The largest absolute Gasteiger partial charge is 0.496 e. The molecule has 4 nitrogen and oxygen atoms in total. The molecule has 2 aromatic rings. The van der Waals surface area contributed by atoms with Gasteiger partial charge in [0, 0.05) is 16.5 Å². The predicted molar refractivity (Wildman–Crippen MR) is 91.3 cm³/mol. The van der Waals surface area contributed by atoms with Crippen LogP contribution >= 0.6 is 0 Å². The van der Waals surface area contributed by atoms with Crippen molar-refractivity contribution in [2.45, 2.75) is 58.0 Å². The average molecular weight is 315 g/mol. The molecular formula is C19H25NO3. The molecule has 1 heterocycles. The SMILES string of the molecule is COc1cccc2c1cc(C(C)(C)C)n2C(=O)OC1CCCC1. The van der Waals surface area contributed by atoms with Crippen molar-refractivity contribution in [2.75, 3.05) is 7.11 Å². The molecule has 1 fully saturated rings. The Balaban J connectivity index is 2.10. The highest BCUT2D eigenvalue weighted by Crippen LogP contribution is 2.35. The molecule has 0 saturated heterocycles. The Bertz CT molecular complexity index is 718. The summed E-state index contributed by atoms with van der Waals surface area (Å²) in [5.74, 6) is 0.778. The molecule has 1 aromatic heterocycles. The van der Waals surface area contributed by atoms with E-state index in [1.54, 1.807) is 11.7 Å². The fourth-order valence-electron chi connectivity index (χ4n) is 3.33. The van der Waals surface area contributed by atoms with E-state index in [2.05, 4.69) is 20.8 Å². The normalized spacial score (nSPS) is 16.0. The van der Waals surface area contributed by atoms with Gasteiger partial charge in [-0.3, -0.25) is 0 Å². The van der Waals surface area contributed by atoms with Crippen LogP contribution in [0.2, 0.25) is 0 Å². The first-order valence-electron chi connectivity index (χ1n) is 8.32. The standard InChI is InChI=1S/C19H25NO3/c1-19(2,3)17-12-14-15(10-7-11-16(14)22-4)20(17)18(21)23-13-8-5-6-9-13/h7,10-13H,5-6,8-9H2,1-4H3. The minimum Gasteiger partial charge on any atom is -0.496 e. The van der Waals surface area contributed by atoms with Gasteiger partial charge < -0.3 is 9.47 Å². The summed E-state index contributed by atoms with van der Waals surface area (Å²) in [5.41, 5.74) is 1.62. The molecule has 0 atom stereocenters. The fourth-order valence-corrected chi connectivity index (χ4v) is 3.33. The van der Waals surface area contributed by atoms with Crippen LogP contribution in [0.15, 0.2) is 24.3 Å². The number of rotatable bonds is 2. The Morgan fingerprint density at radius 2 is 1.91 bits per heavy atom. The topological polar surface area (TPSA) is 40.5 Å². The minimum absolute atomic E-state index is 0.0541. The Morgan fingerprint density at radius 3 is 2.52 bits per heavy atom. The molecule has 1 aliphatic rings. The lowest BCUT2D eigenvalue weighted by molar-refractivity contribution is 0.102. The molecule has 1 aromatic carbocycles. The second-order valence-electron chi connectivity index (χ2n) is 7.30. The average Bonchev–Trinajstić information content (AvgIpc) is 3.12. The van der Waals surface area contributed by atoms with E-state index in [9.17, 15) is 4.79 Å². The number of methoxy groups -OCH3 is 1. The maximum Gasteiger partial charge on any atom is 0.418 e. The second kappa shape index (κ2) is 5.91. The third-order valence-corrected chi connectivity index (χ3v) is 4.55. The van der Waals surface area contributed by atoms with Crippen molar-refractivity contribution in [3.8, 4) is 5.75 Å². The molecule has 4 heteroatoms.